The molecule has 4 heteroatoms. The molecule has 1 rings (SSSR count). The number of hydrogen-bond acceptors (Lipinski definition) is 4. The number of carbonyl (C=O) groups is 1. The number of carbonyl (C=O) groups excluding carboxylic acids is 1. The van der Waals surface area contributed by atoms with Gasteiger partial charge in [-0.1, -0.05) is 12.5 Å². The van der Waals surface area contributed by atoms with Crippen LogP contribution in [0.15, 0.2) is 11.8 Å². The smallest absolute Gasteiger partial charge is 0.330 e. The van der Waals surface area contributed by atoms with Gasteiger partial charge in [-0.25, -0.2) is 9.80 Å². The topological polar surface area (TPSA) is 32.8 Å². The number of allylic oxidation sites excluding steroid dienone is 1. The molecule has 0 fully saturated rings. The second-order valence-electron chi connectivity index (χ2n) is 3.95. The lowest BCUT2D eigenvalue weighted by Gasteiger charge is -2.37. The Hall–Kier alpha value is -1.03. The monoisotopic (exact) mass is 212 g/mol. The second kappa shape index (κ2) is 5.16. The molecular formula is C11H20N2O2. The fourth-order valence-corrected chi connectivity index (χ4v) is 1.82. The minimum atomic E-state index is -0.166. The average Bonchev–Trinajstić information content (AvgIpc) is 2.27. The normalized spacial score (nSPS) is 21.5. The van der Waals surface area contributed by atoms with Crippen LogP contribution in [0.4, 0.5) is 0 Å². The molecule has 0 saturated heterocycles. The third-order valence-electron chi connectivity index (χ3n) is 2.76. The molecule has 0 spiro atoms. The van der Waals surface area contributed by atoms with E-state index in [1.54, 1.807) is 0 Å². The van der Waals surface area contributed by atoms with Crippen LogP contribution in [0.25, 0.3) is 0 Å². The molecule has 0 bridgehead atoms. The summed E-state index contributed by atoms with van der Waals surface area (Å²) in [5, 5.41) is 3.88. The molecule has 1 aliphatic heterocycles. The van der Waals surface area contributed by atoms with Crippen LogP contribution < -0.4 is 0 Å². The van der Waals surface area contributed by atoms with Crippen molar-refractivity contribution >= 4 is 5.97 Å². The number of methoxy groups -OCH3 is 1. The van der Waals surface area contributed by atoms with E-state index < -0.39 is 0 Å². The van der Waals surface area contributed by atoms with Gasteiger partial charge in [-0.15, -0.1) is 0 Å². The number of nitrogens with zero attached hydrogens (tertiary/aromatic N) is 2. The van der Waals surface area contributed by atoms with Gasteiger partial charge in [0, 0.05) is 20.3 Å². The number of hydrogen-bond donors (Lipinski definition) is 0. The lowest BCUT2D eigenvalue weighted by atomic mass is 10.00. The van der Waals surface area contributed by atoms with Crippen LogP contribution in [0.5, 0.6) is 0 Å². The maximum atomic E-state index is 11.6. The third-order valence-corrected chi connectivity index (χ3v) is 2.76. The van der Waals surface area contributed by atoms with E-state index in [1.165, 1.54) is 12.7 Å². The Morgan fingerprint density at radius 1 is 1.67 bits per heavy atom. The minimum absolute atomic E-state index is 0.157. The van der Waals surface area contributed by atoms with Crippen molar-refractivity contribution in [2.45, 2.75) is 32.2 Å². The van der Waals surface area contributed by atoms with E-state index in [9.17, 15) is 4.79 Å². The Morgan fingerprint density at radius 3 is 2.80 bits per heavy atom. The fourth-order valence-electron chi connectivity index (χ4n) is 1.82. The molecule has 86 valence electrons. The zero-order chi connectivity index (χ0) is 11.4. The van der Waals surface area contributed by atoms with E-state index in [0.29, 0.717) is 0 Å². The quantitative estimate of drug-likeness (QED) is 0.662. The summed E-state index contributed by atoms with van der Waals surface area (Å²) >= 11 is 0. The van der Waals surface area contributed by atoms with Crippen LogP contribution in [0.3, 0.4) is 0 Å². The van der Waals surface area contributed by atoms with Crippen molar-refractivity contribution in [3.8, 4) is 0 Å². The highest BCUT2D eigenvalue weighted by molar-refractivity contribution is 5.76. The van der Waals surface area contributed by atoms with Gasteiger partial charge in [-0.3, -0.25) is 5.01 Å². The first-order chi connectivity index (χ1) is 7.10. The van der Waals surface area contributed by atoms with Gasteiger partial charge in [-0.2, -0.15) is 0 Å². The predicted molar refractivity (Wildman–Crippen MR) is 58.9 cm³/mol. The Bertz CT molecular complexity index is 261. The van der Waals surface area contributed by atoms with Crippen LogP contribution in [-0.2, 0) is 9.53 Å². The Balaban J connectivity index is 2.83. The molecule has 1 heterocycles. The molecule has 1 atom stereocenters. The Morgan fingerprint density at radius 2 is 2.33 bits per heavy atom. The minimum Gasteiger partial charge on any atom is -0.467 e. The van der Waals surface area contributed by atoms with Gasteiger partial charge in [0.2, 0.25) is 0 Å². The molecule has 0 aromatic rings. The molecule has 0 aromatic carbocycles. The average molecular weight is 212 g/mol. The molecule has 15 heavy (non-hydrogen) atoms. The molecule has 0 N–H and O–H groups in total. The highest BCUT2D eigenvalue weighted by Gasteiger charge is 2.29. The molecule has 0 saturated carbocycles. The number of esters is 1. The summed E-state index contributed by atoms with van der Waals surface area (Å²) in [6.45, 7) is 2.14. The summed E-state index contributed by atoms with van der Waals surface area (Å²) < 4.78 is 4.80. The molecule has 1 unspecified atom stereocenters. The third kappa shape index (κ3) is 2.72. The highest BCUT2D eigenvalue weighted by Crippen LogP contribution is 2.23. The summed E-state index contributed by atoms with van der Waals surface area (Å²) in [6, 6.07) is -0.166. The van der Waals surface area contributed by atoms with Gasteiger partial charge < -0.3 is 4.74 Å². The molecule has 4 nitrogen and oxygen atoms in total. The first-order valence-electron chi connectivity index (χ1n) is 5.33. The Labute approximate surface area is 91.5 Å². The zero-order valence-electron chi connectivity index (χ0n) is 9.99. The van der Waals surface area contributed by atoms with E-state index in [2.05, 4.69) is 13.1 Å². The van der Waals surface area contributed by atoms with Gasteiger partial charge in [0.1, 0.15) is 6.04 Å². The van der Waals surface area contributed by atoms with Gasteiger partial charge in [0.25, 0.3) is 0 Å². The van der Waals surface area contributed by atoms with E-state index in [1.807, 2.05) is 24.1 Å². The van der Waals surface area contributed by atoms with Crippen LogP contribution in [0.1, 0.15) is 26.2 Å². The molecule has 0 radical (unpaired) electrons. The second-order valence-corrected chi connectivity index (χ2v) is 3.95. The molecular weight excluding hydrogens is 192 g/mol. The molecule has 0 amide bonds. The van der Waals surface area contributed by atoms with E-state index in [-0.39, 0.29) is 12.0 Å². The number of hydrazine groups is 1. The first kappa shape index (κ1) is 12.0. The van der Waals surface area contributed by atoms with Crippen molar-refractivity contribution in [1.29, 1.82) is 0 Å². The van der Waals surface area contributed by atoms with Gasteiger partial charge >= 0.3 is 5.97 Å². The zero-order valence-corrected chi connectivity index (χ0v) is 9.99. The van der Waals surface area contributed by atoms with Crippen LogP contribution in [-0.4, -0.2) is 43.2 Å². The van der Waals surface area contributed by atoms with Crippen LogP contribution in [0.2, 0.25) is 0 Å². The van der Waals surface area contributed by atoms with Crippen LogP contribution >= 0.6 is 0 Å². The van der Waals surface area contributed by atoms with Crippen molar-refractivity contribution in [2.75, 3.05) is 21.2 Å². The van der Waals surface area contributed by atoms with Crippen molar-refractivity contribution in [1.82, 2.24) is 10.0 Å². The SMILES string of the molecule is CCC1=CN(N(C)C)C(C(=O)OC)CC1. The molecule has 1 aliphatic rings. The van der Waals surface area contributed by atoms with Crippen molar-refractivity contribution in [2.24, 2.45) is 0 Å². The fraction of sp³-hybridized carbons (Fsp3) is 0.727. The highest BCUT2D eigenvalue weighted by atomic mass is 16.5. The van der Waals surface area contributed by atoms with Crippen molar-refractivity contribution < 1.29 is 9.53 Å². The van der Waals surface area contributed by atoms with E-state index >= 15 is 0 Å². The van der Waals surface area contributed by atoms with E-state index in [0.717, 1.165) is 19.3 Å². The van der Waals surface area contributed by atoms with E-state index in [4.69, 9.17) is 4.74 Å². The molecule has 0 aliphatic carbocycles. The maximum Gasteiger partial charge on any atom is 0.330 e. The van der Waals surface area contributed by atoms with Gasteiger partial charge in [0.05, 0.1) is 7.11 Å². The first-order valence-corrected chi connectivity index (χ1v) is 5.33. The van der Waals surface area contributed by atoms with Crippen molar-refractivity contribution in [3.63, 3.8) is 0 Å². The maximum absolute atomic E-state index is 11.6. The Kier molecular flexibility index (Phi) is 4.15. The summed E-state index contributed by atoms with van der Waals surface area (Å²) in [6.07, 6.45) is 4.93. The summed E-state index contributed by atoms with van der Waals surface area (Å²) in [7, 11) is 5.31. The lowest BCUT2D eigenvalue weighted by Crippen LogP contribution is -2.47. The number of rotatable bonds is 3. The van der Waals surface area contributed by atoms with Crippen molar-refractivity contribution in [3.05, 3.63) is 11.8 Å². The molecule has 0 aromatic heterocycles. The number of ether oxygens (including phenoxy) is 1. The van der Waals surface area contributed by atoms with Crippen LogP contribution in [0, 0.1) is 0 Å². The standard InChI is InChI=1S/C11H20N2O2/c1-5-9-6-7-10(11(14)15-4)13(8-9)12(2)3/h8,10H,5-7H2,1-4H3. The summed E-state index contributed by atoms with van der Waals surface area (Å²) in [4.78, 5) is 11.6. The van der Waals surface area contributed by atoms with Gasteiger partial charge in [-0.05, 0) is 19.3 Å². The largest absolute Gasteiger partial charge is 0.467 e. The van der Waals surface area contributed by atoms with Gasteiger partial charge in [0.15, 0.2) is 0 Å². The predicted octanol–water partition coefficient (Wildman–Crippen LogP) is 1.39. The summed E-state index contributed by atoms with van der Waals surface area (Å²) in [5.74, 6) is -0.157. The lowest BCUT2D eigenvalue weighted by molar-refractivity contribution is -0.151. The summed E-state index contributed by atoms with van der Waals surface area (Å²) in [5.41, 5.74) is 1.38.